The third-order valence-electron chi connectivity index (χ3n) is 6.50. The molecule has 7 nitrogen and oxygen atoms in total. The van der Waals surface area contributed by atoms with Crippen LogP contribution in [0.3, 0.4) is 0 Å². The fourth-order valence-corrected chi connectivity index (χ4v) is 5.22. The molecule has 3 aromatic rings. The summed E-state index contributed by atoms with van der Waals surface area (Å²) in [6.07, 6.45) is 3.59. The van der Waals surface area contributed by atoms with Crippen molar-refractivity contribution in [1.82, 2.24) is 19.9 Å². The summed E-state index contributed by atoms with van der Waals surface area (Å²) in [5, 5.41) is 0. The van der Waals surface area contributed by atoms with E-state index in [0.29, 0.717) is 49.1 Å². The Balaban J connectivity index is 1.37. The van der Waals surface area contributed by atoms with Gasteiger partial charge in [0.15, 0.2) is 0 Å². The SMILES string of the molecule is CSc1ccc2c(c1)CCN2c1cc(N(C2CCN(c3ncc(C)cn3)CC2)C(F)(F)F)ncn1. The number of hydrogen-bond acceptors (Lipinski definition) is 8. The van der Waals surface area contributed by atoms with Crippen LogP contribution in [-0.4, -0.2) is 58.2 Å². The first-order valence-corrected chi connectivity index (χ1v) is 12.7. The quantitative estimate of drug-likeness (QED) is 0.358. The summed E-state index contributed by atoms with van der Waals surface area (Å²) >= 11 is 1.67. The van der Waals surface area contributed by atoms with Crippen LogP contribution in [-0.2, 0) is 6.42 Å². The number of hydrogen-bond donors (Lipinski definition) is 0. The van der Waals surface area contributed by atoms with E-state index in [1.807, 2.05) is 35.1 Å². The minimum atomic E-state index is -4.56. The second-order valence-corrected chi connectivity index (χ2v) is 9.63. The van der Waals surface area contributed by atoms with E-state index in [9.17, 15) is 13.2 Å². The maximum absolute atomic E-state index is 14.3. The number of aryl methyl sites for hydroxylation is 1. The Morgan fingerprint density at radius 1 is 1.00 bits per heavy atom. The van der Waals surface area contributed by atoms with Gasteiger partial charge in [0.25, 0.3) is 0 Å². The molecule has 184 valence electrons. The van der Waals surface area contributed by atoms with Gasteiger partial charge in [0.05, 0.1) is 0 Å². The van der Waals surface area contributed by atoms with Crippen molar-refractivity contribution < 1.29 is 13.2 Å². The van der Waals surface area contributed by atoms with Gasteiger partial charge in [0.2, 0.25) is 5.95 Å². The van der Waals surface area contributed by atoms with Crippen molar-refractivity contribution in [3.63, 3.8) is 0 Å². The molecule has 0 saturated carbocycles. The van der Waals surface area contributed by atoms with Crippen LogP contribution >= 0.6 is 11.8 Å². The summed E-state index contributed by atoms with van der Waals surface area (Å²) in [4.78, 5) is 22.6. The van der Waals surface area contributed by atoms with Crippen LogP contribution in [0.1, 0.15) is 24.0 Å². The highest BCUT2D eigenvalue weighted by Gasteiger charge is 2.44. The molecule has 5 rings (SSSR count). The molecule has 35 heavy (non-hydrogen) atoms. The van der Waals surface area contributed by atoms with E-state index < -0.39 is 12.3 Å². The van der Waals surface area contributed by atoms with E-state index in [1.165, 1.54) is 22.9 Å². The van der Waals surface area contributed by atoms with Gasteiger partial charge in [-0.1, -0.05) is 0 Å². The molecule has 2 aliphatic rings. The molecule has 4 heterocycles. The Hall–Kier alpha value is -3.08. The Morgan fingerprint density at radius 3 is 2.43 bits per heavy atom. The molecule has 2 aliphatic heterocycles. The topological polar surface area (TPSA) is 61.3 Å². The molecule has 0 unspecified atom stereocenters. The molecule has 1 saturated heterocycles. The standard InChI is InChI=1S/C24H26F3N7S/c1-16-13-28-23(29-14-16)32-8-6-18(7-9-32)34(24(25,26)27)22-12-21(30-15-31-22)33-10-5-17-11-19(35-2)3-4-20(17)33/h3-4,11-15,18H,5-10H2,1-2H3. The zero-order chi connectivity index (χ0) is 24.6. The van der Waals surface area contributed by atoms with Crippen molar-refractivity contribution in [3.05, 3.63) is 54.1 Å². The van der Waals surface area contributed by atoms with Crippen LogP contribution in [0.25, 0.3) is 0 Å². The van der Waals surface area contributed by atoms with Gasteiger partial charge in [-0.15, -0.1) is 11.8 Å². The highest BCUT2D eigenvalue weighted by Crippen LogP contribution is 2.38. The number of aromatic nitrogens is 4. The third-order valence-corrected chi connectivity index (χ3v) is 7.22. The molecule has 1 aromatic carbocycles. The van der Waals surface area contributed by atoms with E-state index in [0.717, 1.165) is 17.7 Å². The maximum Gasteiger partial charge on any atom is 0.486 e. The second-order valence-electron chi connectivity index (χ2n) is 8.75. The number of alkyl halides is 3. The lowest BCUT2D eigenvalue weighted by atomic mass is 10.0. The van der Waals surface area contributed by atoms with Gasteiger partial charge in [0.1, 0.15) is 18.0 Å². The smallest absolute Gasteiger partial charge is 0.341 e. The number of fused-ring (bicyclic) bond motifs is 1. The zero-order valence-corrected chi connectivity index (χ0v) is 20.4. The summed E-state index contributed by atoms with van der Waals surface area (Å²) in [5.74, 6) is 0.904. The van der Waals surface area contributed by atoms with Crippen molar-refractivity contribution in [1.29, 1.82) is 0 Å². The number of piperidine rings is 1. The number of benzene rings is 1. The van der Waals surface area contributed by atoms with E-state index >= 15 is 0 Å². The van der Waals surface area contributed by atoms with Gasteiger partial charge in [0, 0.05) is 54.7 Å². The highest BCUT2D eigenvalue weighted by molar-refractivity contribution is 7.98. The van der Waals surface area contributed by atoms with Crippen LogP contribution in [0.4, 0.5) is 36.4 Å². The van der Waals surface area contributed by atoms with Gasteiger partial charge in [-0.25, -0.2) is 19.9 Å². The molecule has 0 radical (unpaired) electrons. The predicted octanol–water partition coefficient (Wildman–Crippen LogP) is 4.99. The van der Waals surface area contributed by atoms with Gasteiger partial charge in [-0.05, 0) is 61.8 Å². The fraction of sp³-hybridized carbons (Fsp3) is 0.417. The Kier molecular flexibility index (Phi) is 6.43. The first kappa shape index (κ1) is 23.7. The molecule has 0 aliphatic carbocycles. The molecule has 0 N–H and O–H groups in total. The Morgan fingerprint density at radius 2 is 1.74 bits per heavy atom. The number of anilines is 4. The minimum absolute atomic E-state index is 0.123. The van der Waals surface area contributed by atoms with Crippen molar-refractivity contribution in [3.8, 4) is 0 Å². The van der Waals surface area contributed by atoms with Crippen LogP contribution < -0.4 is 14.7 Å². The summed E-state index contributed by atoms with van der Waals surface area (Å²) in [6, 6.07) is 6.91. The van der Waals surface area contributed by atoms with Gasteiger partial charge >= 0.3 is 6.30 Å². The molecule has 1 fully saturated rings. The molecule has 0 atom stereocenters. The monoisotopic (exact) mass is 501 g/mol. The van der Waals surface area contributed by atoms with Crippen LogP contribution in [0.15, 0.2) is 47.9 Å². The molecule has 11 heteroatoms. The molecular formula is C24H26F3N7S. The zero-order valence-electron chi connectivity index (χ0n) is 19.5. The minimum Gasteiger partial charge on any atom is -0.341 e. The molecule has 0 spiro atoms. The first-order chi connectivity index (χ1) is 16.8. The lowest BCUT2D eigenvalue weighted by Gasteiger charge is -2.39. The number of halogens is 3. The van der Waals surface area contributed by atoms with Gasteiger partial charge < -0.3 is 9.80 Å². The fourth-order valence-electron chi connectivity index (χ4n) is 4.76. The van der Waals surface area contributed by atoms with Crippen LogP contribution in [0.2, 0.25) is 0 Å². The van der Waals surface area contributed by atoms with Gasteiger partial charge in [-0.2, -0.15) is 13.2 Å². The number of thioether (sulfide) groups is 1. The second kappa shape index (κ2) is 9.52. The highest BCUT2D eigenvalue weighted by atomic mass is 32.2. The summed E-state index contributed by atoms with van der Waals surface area (Å²) < 4.78 is 42.9. The molecule has 0 amide bonds. The summed E-state index contributed by atoms with van der Waals surface area (Å²) in [6.45, 7) is 3.45. The van der Waals surface area contributed by atoms with Crippen molar-refractivity contribution in [2.45, 2.75) is 43.4 Å². The Labute approximate surface area is 206 Å². The molecular weight excluding hydrogens is 475 g/mol. The normalized spacial score (nSPS) is 16.5. The largest absolute Gasteiger partial charge is 0.486 e. The van der Waals surface area contributed by atoms with Gasteiger partial charge in [-0.3, -0.25) is 4.90 Å². The summed E-state index contributed by atoms with van der Waals surface area (Å²) in [7, 11) is 0. The van der Waals surface area contributed by atoms with E-state index in [-0.39, 0.29) is 5.82 Å². The van der Waals surface area contributed by atoms with E-state index in [2.05, 4.69) is 26.0 Å². The maximum atomic E-state index is 14.3. The molecule has 2 aromatic heterocycles. The summed E-state index contributed by atoms with van der Waals surface area (Å²) in [5.41, 5.74) is 3.10. The van der Waals surface area contributed by atoms with Crippen molar-refractivity contribution in [2.75, 3.05) is 40.6 Å². The third kappa shape index (κ3) is 4.86. The molecule has 0 bridgehead atoms. The van der Waals surface area contributed by atoms with Crippen LogP contribution in [0.5, 0.6) is 0 Å². The van der Waals surface area contributed by atoms with E-state index in [1.54, 1.807) is 24.2 Å². The number of rotatable bonds is 5. The lowest BCUT2D eigenvalue weighted by Crippen LogP contribution is -2.51. The first-order valence-electron chi connectivity index (χ1n) is 11.5. The lowest BCUT2D eigenvalue weighted by molar-refractivity contribution is -0.136. The van der Waals surface area contributed by atoms with Crippen molar-refractivity contribution in [2.24, 2.45) is 0 Å². The van der Waals surface area contributed by atoms with Crippen molar-refractivity contribution >= 4 is 35.0 Å². The average Bonchev–Trinajstić information content (AvgIpc) is 3.28. The van der Waals surface area contributed by atoms with E-state index in [4.69, 9.17) is 0 Å². The Bertz CT molecular complexity index is 1180. The average molecular weight is 502 g/mol. The predicted molar refractivity (Wildman–Crippen MR) is 132 cm³/mol. The van der Waals surface area contributed by atoms with Crippen LogP contribution in [0, 0.1) is 6.92 Å². The number of nitrogens with zero attached hydrogens (tertiary/aromatic N) is 7.